The Morgan fingerprint density at radius 3 is 2.78 bits per heavy atom. The van der Waals surface area contributed by atoms with Crippen molar-refractivity contribution in [1.82, 2.24) is 4.98 Å². The van der Waals surface area contributed by atoms with E-state index in [0.717, 1.165) is 20.8 Å². The maximum Gasteiger partial charge on any atom is 0.130 e. The summed E-state index contributed by atoms with van der Waals surface area (Å²) in [7, 11) is 0. The van der Waals surface area contributed by atoms with E-state index in [1.807, 2.05) is 6.07 Å². The molecule has 0 aliphatic heterocycles. The molecule has 0 fully saturated rings. The van der Waals surface area contributed by atoms with Crippen molar-refractivity contribution in [2.45, 2.75) is 0 Å². The maximum absolute atomic E-state index is 9.67. The summed E-state index contributed by atoms with van der Waals surface area (Å²) < 4.78 is 1.55. The molecule has 0 unspecified atom stereocenters. The first-order chi connectivity index (χ1) is 8.65. The standard InChI is InChI=1S/C13H8BrNO2S/c14-12-8(2-1-3-10(12)17)13-15-9-5-4-7(16)6-11(9)18-13/h1-6,16-17H. The van der Waals surface area contributed by atoms with Crippen molar-refractivity contribution < 1.29 is 10.2 Å². The number of phenolic OH excluding ortho intramolecular Hbond substituents is 2. The fraction of sp³-hybridized carbons (Fsp3) is 0. The van der Waals surface area contributed by atoms with Gasteiger partial charge in [0.25, 0.3) is 0 Å². The summed E-state index contributed by atoms with van der Waals surface area (Å²) in [6, 6.07) is 10.4. The zero-order chi connectivity index (χ0) is 12.7. The van der Waals surface area contributed by atoms with Crippen LogP contribution in [0.1, 0.15) is 0 Å². The lowest BCUT2D eigenvalue weighted by molar-refractivity contribution is 0.472. The Bertz CT molecular complexity index is 739. The van der Waals surface area contributed by atoms with Crippen molar-refractivity contribution in [3.05, 3.63) is 40.9 Å². The summed E-state index contributed by atoms with van der Waals surface area (Å²) >= 11 is 4.83. The minimum absolute atomic E-state index is 0.189. The van der Waals surface area contributed by atoms with E-state index in [1.165, 1.54) is 11.3 Å². The highest BCUT2D eigenvalue weighted by Gasteiger charge is 2.11. The van der Waals surface area contributed by atoms with E-state index in [4.69, 9.17) is 0 Å². The highest BCUT2D eigenvalue weighted by molar-refractivity contribution is 9.10. The fourth-order valence-corrected chi connectivity index (χ4v) is 3.33. The molecule has 3 rings (SSSR count). The number of hydrogen-bond donors (Lipinski definition) is 2. The van der Waals surface area contributed by atoms with Crippen molar-refractivity contribution in [2.75, 3.05) is 0 Å². The molecule has 1 heterocycles. The highest BCUT2D eigenvalue weighted by Crippen LogP contribution is 2.38. The van der Waals surface area contributed by atoms with Crippen molar-refractivity contribution >= 4 is 37.5 Å². The normalized spacial score (nSPS) is 10.9. The molecule has 0 atom stereocenters. The van der Waals surface area contributed by atoms with Gasteiger partial charge in [-0.25, -0.2) is 4.98 Å². The van der Waals surface area contributed by atoms with Gasteiger partial charge in [0.05, 0.1) is 14.7 Å². The summed E-state index contributed by atoms with van der Waals surface area (Å²) in [5, 5.41) is 19.9. The first kappa shape index (κ1) is 11.5. The van der Waals surface area contributed by atoms with Crippen LogP contribution in [-0.2, 0) is 0 Å². The summed E-state index contributed by atoms with van der Waals surface area (Å²) in [5.41, 5.74) is 1.68. The molecule has 0 spiro atoms. The van der Waals surface area contributed by atoms with Crippen molar-refractivity contribution in [3.63, 3.8) is 0 Å². The van der Waals surface area contributed by atoms with Gasteiger partial charge in [-0.3, -0.25) is 0 Å². The third-order valence-electron chi connectivity index (χ3n) is 2.58. The van der Waals surface area contributed by atoms with E-state index in [2.05, 4.69) is 20.9 Å². The van der Waals surface area contributed by atoms with Gasteiger partial charge < -0.3 is 10.2 Å². The van der Waals surface area contributed by atoms with Crippen molar-refractivity contribution in [3.8, 4) is 22.1 Å². The molecular formula is C13H8BrNO2S. The molecule has 3 nitrogen and oxygen atoms in total. The van der Waals surface area contributed by atoms with Gasteiger partial charge in [-0.2, -0.15) is 0 Å². The van der Waals surface area contributed by atoms with Crippen LogP contribution >= 0.6 is 27.3 Å². The minimum atomic E-state index is 0.189. The van der Waals surface area contributed by atoms with Gasteiger partial charge in [0, 0.05) is 5.56 Å². The number of nitrogens with zero attached hydrogens (tertiary/aromatic N) is 1. The molecule has 0 saturated heterocycles. The van der Waals surface area contributed by atoms with Crippen molar-refractivity contribution in [2.24, 2.45) is 0 Å². The molecule has 0 radical (unpaired) electrons. The zero-order valence-corrected chi connectivity index (χ0v) is 11.5. The topological polar surface area (TPSA) is 53.4 Å². The number of benzene rings is 2. The quantitative estimate of drug-likeness (QED) is 0.708. The average molecular weight is 322 g/mol. The summed E-state index contributed by atoms with van der Waals surface area (Å²) in [6.45, 7) is 0. The van der Waals surface area contributed by atoms with Crippen molar-refractivity contribution in [1.29, 1.82) is 0 Å². The van der Waals surface area contributed by atoms with Crippen LogP contribution in [-0.4, -0.2) is 15.2 Å². The van der Waals surface area contributed by atoms with Gasteiger partial charge in [-0.15, -0.1) is 11.3 Å². The number of hydrogen-bond acceptors (Lipinski definition) is 4. The predicted octanol–water partition coefficient (Wildman–Crippen LogP) is 4.14. The van der Waals surface area contributed by atoms with Gasteiger partial charge in [0.2, 0.25) is 0 Å². The molecule has 2 aromatic carbocycles. The molecule has 1 aromatic heterocycles. The zero-order valence-electron chi connectivity index (χ0n) is 9.09. The number of aromatic hydroxyl groups is 2. The molecule has 0 saturated carbocycles. The van der Waals surface area contributed by atoms with Crippen LogP contribution < -0.4 is 0 Å². The van der Waals surface area contributed by atoms with Gasteiger partial charge >= 0.3 is 0 Å². The van der Waals surface area contributed by atoms with Crippen LogP contribution in [0, 0.1) is 0 Å². The van der Waals surface area contributed by atoms with E-state index in [-0.39, 0.29) is 11.5 Å². The first-order valence-corrected chi connectivity index (χ1v) is 6.83. The van der Waals surface area contributed by atoms with E-state index in [1.54, 1.807) is 30.3 Å². The lowest BCUT2D eigenvalue weighted by atomic mass is 10.2. The molecule has 0 bridgehead atoms. The molecule has 90 valence electrons. The Balaban J connectivity index is 2.22. The van der Waals surface area contributed by atoms with E-state index >= 15 is 0 Å². The molecule has 0 aliphatic rings. The highest BCUT2D eigenvalue weighted by atomic mass is 79.9. The largest absolute Gasteiger partial charge is 0.508 e. The minimum Gasteiger partial charge on any atom is -0.508 e. The molecule has 3 aromatic rings. The second-order valence-corrected chi connectivity index (χ2v) is 5.63. The number of thiazole rings is 1. The maximum atomic E-state index is 9.67. The average Bonchev–Trinajstić information content (AvgIpc) is 2.75. The smallest absolute Gasteiger partial charge is 0.130 e. The number of phenols is 2. The summed E-state index contributed by atoms with van der Waals surface area (Å²) in [5.74, 6) is 0.419. The lowest BCUT2D eigenvalue weighted by Crippen LogP contribution is -1.78. The van der Waals surface area contributed by atoms with E-state index in [9.17, 15) is 10.2 Å². The Hall–Kier alpha value is -1.59. The SMILES string of the molecule is Oc1ccc2nc(-c3cccc(O)c3Br)sc2c1. The number of aromatic nitrogens is 1. The fourth-order valence-electron chi connectivity index (χ4n) is 1.71. The van der Waals surface area contributed by atoms with Gasteiger partial charge in [-0.05, 0) is 40.2 Å². The molecule has 0 aliphatic carbocycles. The van der Waals surface area contributed by atoms with Crippen LogP contribution in [0.2, 0.25) is 0 Å². The summed E-state index contributed by atoms with van der Waals surface area (Å²) in [6.07, 6.45) is 0. The van der Waals surface area contributed by atoms with Crippen LogP contribution in [0.15, 0.2) is 40.9 Å². The number of fused-ring (bicyclic) bond motifs is 1. The van der Waals surface area contributed by atoms with Crippen LogP contribution in [0.4, 0.5) is 0 Å². The Morgan fingerprint density at radius 2 is 1.94 bits per heavy atom. The second kappa shape index (κ2) is 4.26. The van der Waals surface area contributed by atoms with E-state index < -0.39 is 0 Å². The van der Waals surface area contributed by atoms with Crippen LogP contribution in [0.25, 0.3) is 20.8 Å². The predicted molar refractivity (Wildman–Crippen MR) is 76.1 cm³/mol. The van der Waals surface area contributed by atoms with Gasteiger partial charge in [0.1, 0.15) is 16.5 Å². The Morgan fingerprint density at radius 1 is 1.11 bits per heavy atom. The molecule has 18 heavy (non-hydrogen) atoms. The number of halogens is 1. The number of rotatable bonds is 1. The monoisotopic (exact) mass is 321 g/mol. The van der Waals surface area contributed by atoms with Gasteiger partial charge in [0.15, 0.2) is 0 Å². The summed E-state index contributed by atoms with van der Waals surface area (Å²) in [4.78, 5) is 4.49. The third kappa shape index (κ3) is 1.85. The van der Waals surface area contributed by atoms with Gasteiger partial charge in [-0.1, -0.05) is 12.1 Å². The van der Waals surface area contributed by atoms with Crippen LogP contribution in [0.3, 0.4) is 0 Å². The molecule has 5 heteroatoms. The second-order valence-electron chi connectivity index (χ2n) is 3.81. The lowest BCUT2D eigenvalue weighted by Gasteiger charge is -2.01. The first-order valence-electron chi connectivity index (χ1n) is 5.22. The Labute approximate surface area is 115 Å². The van der Waals surface area contributed by atoms with Crippen LogP contribution in [0.5, 0.6) is 11.5 Å². The Kier molecular flexibility index (Phi) is 2.72. The molecular weight excluding hydrogens is 314 g/mol. The molecule has 2 N–H and O–H groups in total. The van der Waals surface area contributed by atoms with E-state index in [0.29, 0.717) is 4.47 Å². The molecule has 0 amide bonds. The third-order valence-corrected chi connectivity index (χ3v) is 4.47.